The van der Waals surface area contributed by atoms with Crippen molar-refractivity contribution in [2.24, 2.45) is 0 Å². The van der Waals surface area contributed by atoms with E-state index in [-0.39, 0.29) is 28.9 Å². The number of carbonyl (C=O) groups is 1. The van der Waals surface area contributed by atoms with Gasteiger partial charge in [-0.25, -0.2) is 8.42 Å². The molecule has 0 unspecified atom stereocenters. The van der Waals surface area contributed by atoms with E-state index >= 15 is 0 Å². The predicted octanol–water partition coefficient (Wildman–Crippen LogP) is 2.78. The molecule has 0 aliphatic carbocycles. The van der Waals surface area contributed by atoms with E-state index in [0.717, 1.165) is 4.31 Å². The lowest BCUT2D eigenvalue weighted by atomic mass is 10.2. The fraction of sp³-hybridized carbons (Fsp3) is 0.176. The number of amides is 1. The van der Waals surface area contributed by atoms with Crippen LogP contribution < -0.4 is 10.1 Å². The first-order valence-electron chi connectivity index (χ1n) is 9.01. The number of halogens is 2. The van der Waals surface area contributed by atoms with E-state index in [2.05, 4.69) is 5.32 Å². The molecule has 1 aliphatic heterocycles. The Labute approximate surface area is 170 Å². The van der Waals surface area contributed by atoms with Gasteiger partial charge in [-0.3, -0.25) is 4.79 Å². The number of hydrogen-bond donors (Lipinski definition) is 1. The van der Waals surface area contributed by atoms with Crippen molar-refractivity contribution in [3.63, 3.8) is 0 Å². The molecule has 2 aromatic carbocycles. The molecule has 1 heterocycles. The molecule has 1 saturated heterocycles. The van der Waals surface area contributed by atoms with Gasteiger partial charge in [0.1, 0.15) is 16.4 Å². The van der Waals surface area contributed by atoms with Crippen LogP contribution in [0.1, 0.15) is 9.68 Å². The zero-order valence-electron chi connectivity index (χ0n) is 16.5. The van der Waals surface area contributed by atoms with E-state index in [1.807, 2.05) is 0 Å². The summed E-state index contributed by atoms with van der Waals surface area (Å²) in [4.78, 5) is 10.9. The van der Waals surface area contributed by atoms with Crippen molar-refractivity contribution in [2.45, 2.75) is 4.90 Å². The Morgan fingerprint density at radius 3 is 2.59 bits per heavy atom. The molecule has 0 saturated carbocycles. The van der Waals surface area contributed by atoms with Crippen molar-refractivity contribution >= 4 is 39.1 Å². The highest BCUT2D eigenvalue weighted by atomic mass is 35.5. The number of rotatable bonds is 4. The minimum atomic E-state index is -4.53. The average Bonchev–Trinajstić information content (AvgIpc) is 2.65. The number of piperazine rings is 1. The quantitative estimate of drug-likeness (QED) is 0.806. The van der Waals surface area contributed by atoms with E-state index in [1.165, 1.54) is 18.2 Å². The summed E-state index contributed by atoms with van der Waals surface area (Å²) in [5.41, 5.74) is -0.600. The zero-order chi connectivity index (χ0) is 22.2. The Bertz CT molecular complexity index is 1180. The van der Waals surface area contributed by atoms with Gasteiger partial charge >= 0.3 is 0 Å². The van der Waals surface area contributed by atoms with Crippen LogP contribution in [0.4, 0.5) is 0 Å². The molecule has 140 valence electrons. The zero-order valence-corrected chi connectivity index (χ0v) is 15.9. The van der Waals surface area contributed by atoms with E-state index in [9.17, 15) is 18.5 Å². The lowest BCUT2D eigenvalue weighted by Gasteiger charge is -2.26. The van der Waals surface area contributed by atoms with Crippen LogP contribution in [-0.2, 0) is 14.8 Å². The lowest BCUT2D eigenvalue weighted by molar-refractivity contribution is -0.122. The topological polar surface area (TPSA) is 99.5 Å². The Hall–Kier alpha value is -2.31. The average molecular weight is 429 g/mol. The van der Waals surface area contributed by atoms with E-state index < -0.39 is 56.8 Å². The summed E-state index contributed by atoms with van der Waals surface area (Å²) in [6, 6.07) is 3.44. The van der Waals surface area contributed by atoms with E-state index in [1.54, 1.807) is 6.07 Å². The summed E-state index contributed by atoms with van der Waals surface area (Å²) in [6.45, 7) is -0.517. The van der Waals surface area contributed by atoms with Crippen LogP contribution in [0.2, 0.25) is 10.0 Å². The van der Waals surface area contributed by atoms with Gasteiger partial charge in [-0.05, 0) is 36.3 Å². The molecule has 1 amide bonds. The maximum Gasteiger partial charge on any atom is 0.247 e. The first-order chi connectivity index (χ1) is 14.1. The molecule has 10 heteroatoms. The van der Waals surface area contributed by atoms with Crippen LogP contribution in [0.15, 0.2) is 41.2 Å². The third-order valence-electron chi connectivity index (χ3n) is 3.51. The minimum Gasteiger partial charge on any atom is -0.456 e. The predicted molar refractivity (Wildman–Crippen MR) is 99.5 cm³/mol. The van der Waals surface area contributed by atoms with Crippen LogP contribution in [-0.4, -0.2) is 38.3 Å². The van der Waals surface area contributed by atoms with Crippen molar-refractivity contribution < 1.29 is 22.1 Å². The van der Waals surface area contributed by atoms with Crippen molar-refractivity contribution in [2.75, 3.05) is 19.6 Å². The molecule has 7 nitrogen and oxygen atoms in total. The summed E-state index contributed by atoms with van der Waals surface area (Å²) in [6.07, 6.45) is 0. The van der Waals surface area contributed by atoms with Gasteiger partial charge in [-0.15, -0.1) is 0 Å². The van der Waals surface area contributed by atoms with Gasteiger partial charge < -0.3 is 10.1 Å². The summed E-state index contributed by atoms with van der Waals surface area (Å²) in [7, 11) is -4.53. The first kappa shape index (κ1) is 15.7. The highest BCUT2D eigenvalue weighted by molar-refractivity contribution is 7.89. The van der Waals surface area contributed by atoms with E-state index in [4.69, 9.17) is 32.1 Å². The molecule has 27 heavy (non-hydrogen) atoms. The van der Waals surface area contributed by atoms with Crippen LogP contribution in [0.5, 0.6) is 11.5 Å². The van der Waals surface area contributed by atoms with Gasteiger partial charge in [0.2, 0.25) is 15.9 Å². The number of hydrogen-bond acceptors (Lipinski definition) is 5. The van der Waals surface area contributed by atoms with Gasteiger partial charge in [-0.1, -0.05) is 23.2 Å². The maximum absolute atomic E-state index is 13.3. The van der Waals surface area contributed by atoms with Crippen molar-refractivity contribution in [3.8, 4) is 17.6 Å². The molecule has 1 N–H and O–H groups in total. The van der Waals surface area contributed by atoms with Gasteiger partial charge in [0, 0.05) is 23.1 Å². The number of nitrogens with zero attached hydrogens (tertiary/aromatic N) is 2. The number of carbonyl (C=O) groups excluding carboxylic acids is 1. The second-order valence-corrected chi connectivity index (χ2v) is 8.16. The van der Waals surface area contributed by atoms with Gasteiger partial charge in [-0.2, -0.15) is 9.57 Å². The van der Waals surface area contributed by atoms with Crippen LogP contribution in [0.25, 0.3) is 0 Å². The molecular formula is C17H13Cl2N3O4S. The second-order valence-electron chi connectivity index (χ2n) is 5.42. The maximum atomic E-state index is 13.3. The standard InChI is InChI=1S/C17H13Cl2N3O4S/c18-12-6-13(19)8-14(7-12)26-15-2-1-11(9-20)5-16(15)27(24,25)22-4-3-21-17(23)10-22/h1-2,5-8H,3-4,10H2,(H,21,23)/i1D,2D,5D. The van der Waals surface area contributed by atoms with Gasteiger partial charge in [0.05, 0.1) is 22.3 Å². The number of sulfonamides is 1. The fourth-order valence-corrected chi connectivity index (χ4v) is 4.28. The normalized spacial score (nSPS) is 16.6. The van der Waals surface area contributed by atoms with Crippen LogP contribution in [0, 0.1) is 11.3 Å². The highest BCUT2D eigenvalue weighted by Crippen LogP contribution is 2.34. The number of nitrogens with one attached hydrogen (secondary N) is 1. The Kier molecular flexibility index (Phi) is 4.51. The molecule has 3 rings (SSSR count). The summed E-state index contributed by atoms with van der Waals surface area (Å²) < 4.78 is 57.3. The molecule has 0 bridgehead atoms. The highest BCUT2D eigenvalue weighted by Gasteiger charge is 2.32. The molecule has 2 aromatic rings. The molecule has 1 fully saturated rings. The smallest absolute Gasteiger partial charge is 0.247 e. The van der Waals surface area contributed by atoms with Gasteiger partial charge in [0.15, 0.2) is 0 Å². The molecule has 1 aliphatic rings. The Morgan fingerprint density at radius 2 is 1.96 bits per heavy atom. The SMILES string of the molecule is [2H]c1c([2H])c(Oc2cc(Cl)cc(Cl)c2)c(S(=O)(=O)N2CCNC(=O)C2)c([2H])c1C#N. The summed E-state index contributed by atoms with van der Waals surface area (Å²) >= 11 is 11.9. The third-order valence-corrected chi connectivity index (χ3v) is 5.75. The number of ether oxygens (including phenoxy) is 1. The third kappa shape index (κ3) is 4.34. The second kappa shape index (κ2) is 7.74. The van der Waals surface area contributed by atoms with Gasteiger partial charge in [0.25, 0.3) is 0 Å². The largest absolute Gasteiger partial charge is 0.456 e. The summed E-state index contributed by atoms with van der Waals surface area (Å²) in [5, 5.41) is 12.1. The van der Waals surface area contributed by atoms with Crippen molar-refractivity contribution in [1.29, 1.82) is 5.26 Å². The van der Waals surface area contributed by atoms with Crippen LogP contribution >= 0.6 is 23.2 Å². The minimum absolute atomic E-state index is 0.0302. The lowest BCUT2D eigenvalue weighted by Crippen LogP contribution is -2.49. The molecule has 0 spiro atoms. The monoisotopic (exact) mass is 428 g/mol. The fourth-order valence-electron chi connectivity index (χ4n) is 2.34. The number of benzene rings is 2. The van der Waals surface area contributed by atoms with Crippen LogP contribution in [0.3, 0.4) is 0 Å². The van der Waals surface area contributed by atoms with E-state index in [0.29, 0.717) is 0 Å². The molecular weight excluding hydrogens is 413 g/mol. The molecule has 0 aromatic heterocycles. The summed E-state index contributed by atoms with van der Waals surface area (Å²) in [5.74, 6) is -1.20. The van der Waals surface area contributed by atoms with Crippen molar-refractivity contribution in [1.82, 2.24) is 9.62 Å². The first-order valence-corrected chi connectivity index (χ1v) is 9.70. The van der Waals surface area contributed by atoms with Crippen molar-refractivity contribution in [3.05, 3.63) is 51.9 Å². The number of nitriles is 1. The Balaban J connectivity index is 2.26. The molecule has 0 radical (unpaired) electrons. The molecule has 0 atom stereocenters. The Morgan fingerprint density at radius 1 is 1.26 bits per heavy atom.